The summed E-state index contributed by atoms with van der Waals surface area (Å²) in [4.78, 5) is 31.8. The first kappa shape index (κ1) is 21.1. The van der Waals surface area contributed by atoms with Crippen LogP contribution in [-0.4, -0.2) is 27.1 Å². The second kappa shape index (κ2) is 9.34. The van der Waals surface area contributed by atoms with Crippen LogP contribution < -0.4 is 16.3 Å². The zero-order valence-corrected chi connectivity index (χ0v) is 17.9. The van der Waals surface area contributed by atoms with Crippen LogP contribution in [0.1, 0.15) is 11.3 Å². The molecule has 7 nitrogen and oxygen atoms in total. The second-order valence-electron chi connectivity index (χ2n) is 6.92. The van der Waals surface area contributed by atoms with Crippen LogP contribution in [0, 0.1) is 0 Å². The lowest BCUT2D eigenvalue weighted by molar-refractivity contribution is 0.253. The average molecular weight is 456 g/mol. The molecule has 0 radical (unpaired) electrons. The number of hydrogen-bond acceptors (Lipinski definition) is 4. The van der Waals surface area contributed by atoms with Crippen LogP contribution in [-0.2, 0) is 13.0 Å². The van der Waals surface area contributed by atoms with E-state index in [0.29, 0.717) is 28.3 Å². The highest BCUT2D eigenvalue weighted by atomic mass is 35.5. The minimum Gasteiger partial charge on any atom is -0.312 e. The molecule has 0 fully saturated rings. The molecule has 0 spiro atoms. The molecular formula is C22H19Cl2N5O2. The van der Waals surface area contributed by atoms with Crippen molar-refractivity contribution in [3.8, 4) is 0 Å². The molecule has 0 bridgehead atoms. The van der Waals surface area contributed by atoms with Gasteiger partial charge in [0.05, 0.1) is 21.1 Å². The van der Waals surface area contributed by atoms with E-state index in [0.717, 1.165) is 28.8 Å². The number of carbonyl (C=O) groups excluding carboxylic acids is 1. The third kappa shape index (κ3) is 4.96. The van der Waals surface area contributed by atoms with Crippen molar-refractivity contribution >= 4 is 46.0 Å². The normalized spacial score (nSPS) is 11.0. The van der Waals surface area contributed by atoms with Crippen molar-refractivity contribution in [2.24, 2.45) is 0 Å². The molecule has 1 amide bonds. The van der Waals surface area contributed by atoms with Crippen LogP contribution in [0.5, 0.6) is 0 Å². The average Bonchev–Trinajstić information content (AvgIpc) is 3.08. The van der Waals surface area contributed by atoms with Gasteiger partial charge in [0.1, 0.15) is 0 Å². The molecule has 0 aliphatic heterocycles. The fourth-order valence-corrected chi connectivity index (χ4v) is 3.51. The van der Waals surface area contributed by atoms with Gasteiger partial charge in [0.2, 0.25) is 0 Å². The number of aromatic amines is 1. The molecule has 0 unspecified atom stereocenters. The smallest absolute Gasteiger partial charge is 0.312 e. The molecule has 0 saturated heterocycles. The van der Waals surface area contributed by atoms with Gasteiger partial charge in [-0.2, -0.15) is 0 Å². The van der Waals surface area contributed by atoms with E-state index in [1.807, 2.05) is 30.3 Å². The first-order chi connectivity index (χ1) is 15.0. The summed E-state index contributed by atoms with van der Waals surface area (Å²) in [6.07, 6.45) is 2.64. The highest BCUT2D eigenvalue weighted by molar-refractivity contribution is 6.42. The van der Waals surface area contributed by atoms with Gasteiger partial charge in [-0.25, -0.2) is 14.2 Å². The molecule has 2 aromatic carbocycles. The molecule has 9 heteroatoms. The van der Waals surface area contributed by atoms with Crippen LogP contribution >= 0.6 is 23.2 Å². The molecule has 2 aromatic heterocycles. The minimum absolute atomic E-state index is 0.259. The second-order valence-corrected chi connectivity index (χ2v) is 7.74. The number of aromatic nitrogens is 3. The number of fused-ring (bicyclic) bond motifs is 1. The summed E-state index contributed by atoms with van der Waals surface area (Å²) in [7, 11) is 0. The quantitative estimate of drug-likeness (QED) is 0.374. The Balaban J connectivity index is 1.37. The van der Waals surface area contributed by atoms with E-state index in [1.54, 1.807) is 18.3 Å². The van der Waals surface area contributed by atoms with E-state index in [2.05, 4.69) is 20.6 Å². The Morgan fingerprint density at radius 3 is 2.58 bits per heavy atom. The van der Waals surface area contributed by atoms with Crippen LogP contribution in [0.4, 0.5) is 10.5 Å². The Labute approximate surface area is 188 Å². The number of nitrogens with one attached hydrogen (secondary N) is 3. The lowest BCUT2D eigenvalue weighted by Crippen LogP contribution is -2.29. The molecule has 4 rings (SSSR count). The van der Waals surface area contributed by atoms with Gasteiger partial charge in [0.15, 0.2) is 0 Å². The van der Waals surface area contributed by atoms with Gasteiger partial charge in [0, 0.05) is 37.1 Å². The number of nitrogens with zero attached hydrogens (tertiary/aromatic N) is 2. The highest BCUT2D eigenvalue weighted by Crippen LogP contribution is 2.26. The van der Waals surface area contributed by atoms with Crippen LogP contribution in [0.15, 0.2) is 65.6 Å². The number of carbonyl (C=O) groups is 1. The number of anilines is 1. The molecule has 158 valence electrons. The molecule has 0 saturated carbocycles. The number of benzene rings is 2. The SMILES string of the molecule is O=C(Nc1ccc(CNCCc2ccccn2)cc1)n1c(=O)[nH]c2cc(Cl)c(Cl)cc21. The fourth-order valence-electron chi connectivity index (χ4n) is 3.18. The lowest BCUT2D eigenvalue weighted by atomic mass is 10.2. The number of imidazole rings is 1. The van der Waals surface area contributed by atoms with Crippen LogP contribution in [0.25, 0.3) is 11.0 Å². The third-order valence-corrected chi connectivity index (χ3v) is 5.47. The summed E-state index contributed by atoms with van der Waals surface area (Å²) in [5, 5.41) is 6.65. The predicted molar refractivity (Wildman–Crippen MR) is 123 cm³/mol. The Morgan fingerprint density at radius 1 is 1.06 bits per heavy atom. The molecule has 0 atom stereocenters. The molecule has 0 aliphatic carbocycles. The number of H-pyrrole nitrogens is 1. The van der Waals surface area contributed by atoms with Gasteiger partial charge in [-0.3, -0.25) is 4.98 Å². The van der Waals surface area contributed by atoms with Crippen LogP contribution in [0.3, 0.4) is 0 Å². The highest BCUT2D eigenvalue weighted by Gasteiger charge is 2.16. The number of halogens is 2. The maximum absolute atomic E-state index is 12.7. The van der Waals surface area contributed by atoms with Gasteiger partial charge in [0.25, 0.3) is 0 Å². The van der Waals surface area contributed by atoms with Crippen molar-refractivity contribution in [2.75, 3.05) is 11.9 Å². The zero-order valence-electron chi connectivity index (χ0n) is 16.4. The fraction of sp³-hybridized carbons (Fsp3) is 0.136. The number of amides is 1. The topological polar surface area (TPSA) is 91.8 Å². The molecule has 0 aliphatic rings. The van der Waals surface area contributed by atoms with Gasteiger partial charge in [-0.05, 0) is 42.0 Å². The first-order valence-corrected chi connectivity index (χ1v) is 10.4. The van der Waals surface area contributed by atoms with E-state index in [9.17, 15) is 9.59 Å². The monoisotopic (exact) mass is 455 g/mol. The standard InChI is InChI=1S/C22H19Cl2N5O2/c23-17-11-19-20(12-18(17)24)29(22(31)28-19)21(30)27-16-6-4-14(5-7-16)13-25-10-8-15-3-1-2-9-26-15/h1-7,9,11-12,25H,8,10,13H2,(H,27,30)(H,28,31). The lowest BCUT2D eigenvalue weighted by Gasteiger charge is -2.08. The Kier molecular flexibility index (Phi) is 6.36. The maximum Gasteiger partial charge on any atom is 0.334 e. The third-order valence-electron chi connectivity index (χ3n) is 4.75. The summed E-state index contributed by atoms with van der Waals surface area (Å²) in [5.41, 5.74) is 2.91. The summed E-state index contributed by atoms with van der Waals surface area (Å²) in [6, 6.07) is 15.7. The summed E-state index contributed by atoms with van der Waals surface area (Å²) in [5.74, 6) is 0. The molecule has 3 N–H and O–H groups in total. The van der Waals surface area contributed by atoms with E-state index in [1.165, 1.54) is 12.1 Å². The largest absolute Gasteiger partial charge is 0.334 e. The van der Waals surface area contributed by atoms with Crippen molar-refractivity contribution in [1.29, 1.82) is 0 Å². The van der Waals surface area contributed by atoms with Gasteiger partial charge in [-0.1, -0.05) is 41.4 Å². The van der Waals surface area contributed by atoms with E-state index in [-0.39, 0.29) is 5.02 Å². The van der Waals surface area contributed by atoms with Crippen molar-refractivity contribution in [1.82, 2.24) is 19.9 Å². The van der Waals surface area contributed by atoms with E-state index in [4.69, 9.17) is 23.2 Å². The Bertz CT molecular complexity index is 1270. The van der Waals surface area contributed by atoms with Crippen molar-refractivity contribution in [2.45, 2.75) is 13.0 Å². The summed E-state index contributed by atoms with van der Waals surface area (Å²) < 4.78 is 0.991. The van der Waals surface area contributed by atoms with Crippen molar-refractivity contribution < 1.29 is 4.79 Å². The molecule has 4 aromatic rings. The van der Waals surface area contributed by atoms with Crippen molar-refractivity contribution in [3.63, 3.8) is 0 Å². The zero-order chi connectivity index (χ0) is 21.8. The van der Waals surface area contributed by atoms with Crippen molar-refractivity contribution in [3.05, 3.63) is 92.6 Å². The number of pyridine rings is 1. The Hall–Kier alpha value is -3.13. The van der Waals surface area contributed by atoms with Crippen LogP contribution in [0.2, 0.25) is 10.0 Å². The van der Waals surface area contributed by atoms with E-state index >= 15 is 0 Å². The van der Waals surface area contributed by atoms with Gasteiger partial charge < -0.3 is 15.6 Å². The number of hydrogen-bond donors (Lipinski definition) is 3. The predicted octanol–water partition coefficient (Wildman–Crippen LogP) is 4.44. The van der Waals surface area contributed by atoms with Gasteiger partial charge in [-0.15, -0.1) is 0 Å². The summed E-state index contributed by atoms with van der Waals surface area (Å²) in [6.45, 7) is 1.51. The molecule has 31 heavy (non-hydrogen) atoms. The van der Waals surface area contributed by atoms with Gasteiger partial charge >= 0.3 is 11.7 Å². The summed E-state index contributed by atoms with van der Waals surface area (Å²) >= 11 is 12.0. The minimum atomic E-state index is -0.587. The Morgan fingerprint density at radius 2 is 1.84 bits per heavy atom. The maximum atomic E-state index is 12.7. The first-order valence-electron chi connectivity index (χ1n) is 9.62. The van der Waals surface area contributed by atoms with E-state index < -0.39 is 11.7 Å². The molecule has 2 heterocycles. The number of rotatable bonds is 6. The molecular weight excluding hydrogens is 437 g/mol.